The number of carbonyl (C=O) groups is 1. The zero-order valence-electron chi connectivity index (χ0n) is 19.4. The first-order valence-electron chi connectivity index (χ1n) is 11.6. The molecule has 0 spiro atoms. The molecule has 5 rings (SSSR count). The van der Waals surface area contributed by atoms with Crippen LogP contribution in [-0.4, -0.2) is 35.4 Å². The summed E-state index contributed by atoms with van der Waals surface area (Å²) in [6.07, 6.45) is 2.73. The lowest BCUT2D eigenvalue weighted by Crippen LogP contribution is -2.36. The zero-order chi connectivity index (χ0) is 24.2. The Bertz CT molecular complexity index is 1380. The number of esters is 1. The summed E-state index contributed by atoms with van der Waals surface area (Å²) in [6.45, 7) is 2.48. The van der Waals surface area contributed by atoms with Crippen LogP contribution in [-0.2, 0) is 16.1 Å². The van der Waals surface area contributed by atoms with E-state index in [9.17, 15) is 9.90 Å². The van der Waals surface area contributed by atoms with Gasteiger partial charge >= 0.3 is 5.97 Å². The Morgan fingerprint density at radius 3 is 2.66 bits per heavy atom. The van der Waals surface area contributed by atoms with Gasteiger partial charge in [-0.3, -0.25) is 9.78 Å². The number of hydrogen-bond acceptors (Lipinski definition) is 6. The van der Waals surface area contributed by atoms with Crippen molar-refractivity contribution in [2.24, 2.45) is 0 Å². The topological polar surface area (TPSA) is 71.9 Å². The smallest absolute Gasteiger partial charge is 0.325 e. The molecular formula is C29H26N2O4. The van der Waals surface area contributed by atoms with E-state index < -0.39 is 6.23 Å². The fraction of sp³-hybridized carbons (Fsp3) is 0.172. The highest BCUT2D eigenvalue weighted by Gasteiger charge is 2.33. The lowest BCUT2D eigenvalue weighted by molar-refractivity contribution is -0.141. The largest absolute Gasteiger partial charge is 0.487 e. The highest BCUT2D eigenvalue weighted by molar-refractivity contribution is 6.01. The minimum atomic E-state index is -0.975. The van der Waals surface area contributed by atoms with Crippen molar-refractivity contribution in [1.82, 2.24) is 4.98 Å². The summed E-state index contributed by atoms with van der Waals surface area (Å²) < 4.78 is 11.2. The molecule has 6 nitrogen and oxygen atoms in total. The number of para-hydroxylation sites is 1. The maximum Gasteiger partial charge on any atom is 0.325 e. The molecule has 1 aliphatic rings. The number of fused-ring (bicyclic) bond motifs is 2. The second-order valence-electron chi connectivity index (χ2n) is 8.25. The lowest BCUT2D eigenvalue weighted by atomic mass is 10.0. The number of ether oxygens (including phenoxy) is 2. The maximum absolute atomic E-state index is 12.2. The summed E-state index contributed by atoms with van der Waals surface area (Å²) in [7, 11) is 0. The molecule has 0 saturated carbocycles. The average molecular weight is 467 g/mol. The average Bonchev–Trinajstić information content (AvgIpc) is 3.15. The van der Waals surface area contributed by atoms with Gasteiger partial charge in [-0.25, -0.2) is 0 Å². The molecule has 3 aromatic carbocycles. The number of aliphatic hydroxyl groups is 1. The van der Waals surface area contributed by atoms with Crippen LogP contribution in [0.25, 0.3) is 22.6 Å². The molecule has 1 aromatic heterocycles. The number of anilines is 1. The van der Waals surface area contributed by atoms with E-state index in [0.717, 1.165) is 33.3 Å². The molecule has 2 heterocycles. The molecule has 1 atom stereocenters. The van der Waals surface area contributed by atoms with Gasteiger partial charge in [0.05, 0.1) is 6.61 Å². The van der Waals surface area contributed by atoms with Crippen LogP contribution in [0.3, 0.4) is 0 Å². The minimum Gasteiger partial charge on any atom is -0.487 e. The van der Waals surface area contributed by atoms with Gasteiger partial charge in [-0.1, -0.05) is 60.7 Å². The van der Waals surface area contributed by atoms with E-state index in [1.165, 1.54) is 0 Å². The molecule has 4 aromatic rings. The van der Waals surface area contributed by atoms with Crippen LogP contribution < -0.4 is 9.64 Å². The van der Waals surface area contributed by atoms with Gasteiger partial charge in [0.1, 0.15) is 24.4 Å². The van der Waals surface area contributed by atoms with Gasteiger partial charge in [-0.05, 0) is 42.3 Å². The maximum atomic E-state index is 12.2. The van der Waals surface area contributed by atoms with Crippen molar-refractivity contribution in [2.75, 3.05) is 18.1 Å². The lowest BCUT2D eigenvalue weighted by Gasteiger charge is -2.22. The van der Waals surface area contributed by atoms with E-state index in [4.69, 9.17) is 9.47 Å². The van der Waals surface area contributed by atoms with Crippen LogP contribution in [0.15, 0.2) is 85.1 Å². The van der Waals surface area contributed by atoms with Crippen molar-refractivity contribution >= 4 is 34.2 Å². The van der Waals surface area contributed by atoms with Crippen LogP contribution in [0.2, 0.25) is 0 Å². The Balaban J connectivity index is 1.50. The van der Waals surface area contributed by atoms with Gasteiger partial charge in [0.25, 0.3) is 0 Å². The van der Waals surface area contributed by atoms with E-state index in [1.54, 1.807) is 18.0 Å². The molecule has 0 amide bonds. The van der Waals surface area contributed by atoms with E-state index >= 15 is 0 Å². The Morgan fingerprint density at radius 1 is 1.03 bits per heavy atom. The fourth-order valence-corrected chi connectivity index (χ4v) is 4.39. The third-order valence-corrected chi connectivity index (χ3v) is 6.02. The third kappa shape index (κ3) is 4.61. The van der Waals surface area contributed by atoms with E-state index in [2.05, 4.69) is 4.98 Å². The molecular weight excluding hydrogens is 440 g/mol. The second-order valence-corrected chi connectivity index (χ2v) is 8.25. The Morgan fingerprint density at radius 2 is 1.83 bits per heavy atom. The number of aliphatic hydroxyl groups excluding tert-OH is 1. The van der Waals surface area contributed by atoms with Gasteiger partial charge in [0, 0.05) is 28.4 Å². The molecule has 176 valence electrons. The Labute approximate surface area is 204 Å². The monoisotopic (exact) mass is 466 g/mol. The molecule has 35 heavy (non-hydrogen) atoms. The van der Waals surface area contributed by atoms with Gasteiger partial charge in [-0.15, -0.1) is 0 Å². The fourth-order valence-electron chi connectivity index (χ4n) is 4.39. The second kappa shape index (κ2) is 9.99. The first-order valence-corrected chi connectivity index (χ1v) is 11.6. The van der Waals surface area contributed by atoms with Crippen molar-refractivity contribution in [1.29, 1.82) is 0 Å². The van der Waals surface area contributed by atoms with Crippen molar-refractivity contribution in [3.05, 3.63) is 102 Å². The Kier molecular flexibility index (Phi) is 6.46. The predicted octanol–water partition coefficient (Wildman–Crippen LogP) is 5.06. The highest BCUT2D eigenvalue weighted by atomic mass is 16.5. The molecule has 1 aliphatic heterocycles. The quantitative estimate of drug-likeness (QED) is 0.384. The number of rotatable bonds is 7. The van der Waals surface area contributed by atoms with Crippen LogP contribution in [0.1, 0.15) is 23.6 Å². The van der Waals surface area contributed by atoms with Crippen molar-refractivity contribution < 1.29 is 19.4 Å². The normalized spacial score (nSPS) is 15.9. The van der Waals surface area contributed by atoms with E-state index in [0.29, 0.717) is 24.5 Å². The SMILES string of the molecule is CCOC(=O)CN1c2ccccc2C(=Cc2ccc(OCc3ccccc3)c3ncccc23)C1O. The zero-order valence-corrected chi connectivity index (χ0v) is 19.4. The number of carbonyl (C=O) groups excluding carboxylic acids is 1. The molecule has 0 fully saturated rings. The van der Waals surface area contributed by atoms with E-state index in [-0.39, 0.29) is 12.5 Å². The molecule has 0 radical (unpaired) electrons. The summed E-state index contributed by atoms with van der Waals surface area (Å²) >= 11 is 0. The van der Waals surface area contributed by atoms with Crippen LogP contribution in [0.4, 0.5) is 5.69 Å². The summed E-state index contributed by atoms with van der Waals surface area (Å²) in [5.41, 5.74) is 5.13. The molecule has 1 unspecified atom stereocenters. The van der Waals surface area contributed by atoms with Gasteiger partial charge in [0.2, 0.25) is 0 Å². The highest BCUT2D eigenvalue weighted by Crippen LogP contribution is 2.41. The summed E-state index contributed by atoms with van der Waals surface area (Å²) in [5, 5.41) is 12.1. The predicted molar refractivity (Wildman–Crippen MR) is 137 cm³/mol. The number of hydrogen-bond donors (Lipinski definition) is 1. The van der Waals surface area contributed by atoms with Crippen molar-refractivity contribution in [2.45, 2.75) is 19.8 Å². The first kappa shape index (κ1) is 22.6. The Hall–Kier alpha value is -4.16. The molecule has 0 aliphatic carbocycles. The molecule has 6 heteroatoms. The minimum absolute atomic E-state index is 0.0298. The van der Waals surface area contributed by atoms with Crippen LogP contribution in [0, 0.1) is 0 Å². The number of aromatic nitrogens is 1. The summed E-state index contributed by atoms with van der Waals surface area (Å²) in [4.78, 5) is 18.4. The standard InChI is InChI=1S/C29H26N2O4/c1-2-34-27(32)18-31-25-13-7-6-11-23(25)24(29(31)33)17-21-14-15-26(28-22(21)12-8-16-30-28)35-19-20-9-4-3-5-10-20/h3-17,29,33H,2,18-19H2,1H3. The van der Waals surface area contributed by atoms with Gasteiger partial charge in [-0.2, -0.15) is 0 Å². The summed E-state index contributed by atoms with van der Waals surface area (Å²) in [5.74, 6) is 0.320. The van der Waals surface area contributed by atoms with Gasteiger partial charge < -0.3 is 19.5 Å². The van der Waals surface area contributed by atoms with Gasteiger partial charge in [0.15, 0.2) is 6.23 Å². The molecule has 1 N–H and O–H groups in total. The number of nitrogens with zero attached hydrogens (tertiary/aromatic N) is 2. The van der Waals surface area contributed by atoms with Crippen molar-refractivity contribution in [3.63, 3.8) is 0 Å². The summed E-state index contributed by atoms with van der Waals surface area (Å²) in [6, 6.07) is 25.4. The van der Waals surface area contributed by atoms with E-state index in [1.807, 2.05) is 84.9 Å². The third-order valence-electron chi connectivity index (χ3n) is 6.02. The number of pyridine rings is 1. The first-order chi connectivity index (χ1) is 17.2. The van der Waals surface area contributed by atoms with Crippen LogP contribution in [0.5, 0.6) is 5.75 Å². The van der Waals surface area contributed by atoms with Crippen molar-refractivity contribution in [3.8, 4) is 5.75 Å². The van der Waals surface area contributed by atoms with Crippen LogP contribution >= 0.6 is 0 Å². The molecule has 0 saturated heterocycles. The molecule has 0 bridgehead atoms. The number of benzene rings is 3.